The van der Waals surface area contributed by atoms with Crippen LogP contribution >= 0.6 is 31.9 Å². The molecule has 2 rings (SSSR count). The van der Waals surface area contributed by atoms with Gasteiger partial charge in [0.15, 0.2) is 0 Å². The van der Waals surface area contributed by atoms with E-state index in [0.29, 0.717) is 10.2 Å². The molecule has 20 heavy (non-hydrogen) atoms. The van der Waals surface area contributed by atoms with Gasteiger partial charge in [-0.1, -0.05) is 15.9 Å². The van der Waals surface area contributed by atoms with Crippen molar-refractivity contribution in [2.75, 3.05) is 10.5 Å². The van der Waals surface area contributed by atoms with Crippen molar-refractivity contribution in [3.8, 4) is 0 Å². The van der Waals surface area contributed by atoms with Crippen LogP contribution in [0.2, 0.25) is 0 Å². The molecule has 0 heterocycles. The van der Waals surface area contributed by atoms with Crippen molar-refractivity contribution in [1.82, 2.24) is 0 Å². The SMILES string of the molecule is Nc1cc(S(=O)(=O)Nc2cc(Br)ccc2Br)ccc1F. The van der Waals surface area contributed by atoms with Gasteiger partial charge in [-0.25, -0.2) is 12.8 Å². The first-order valence-electron chi connectivity index (χ1n) is 5.32. The number of anilines is 2. The van der Waals surface area contributed by atoms with Crippen LogP contribution in [0.25, 0.3) is 0 Å². The third-order valence-corrected chi connectivity index (χ3v) is 5.00. The first kappa shape index (κ1) is 15.3. The van der Waals surface area contributed by atoms with Crippen LogP contribution in [-0.2, 0) is 10.0 Å². The van der Waals surface area contributed by atoms with E-state index in [0.717, 1.165) is 22.7 Å². The molecule has 0 atom stereocenters. The summed E-state index contributed by atoms with van der Waals surface area (Å²) in [6.07, 6.45) is 0. The summed E-state index contributed by atoms with van der Waals surface area (Å²) in [6.45, 7) is 0. The van der Waals surface area contributed by atoms with E-state index in [1.54, 1.807) is 18.2 Å². The van der Waals surface area contributed by atoms with Crippen molar-refractivity contribution in [1.29, 1.82) is 0 Å². The molecule has 3 N–H and O–H groups in total. The molecule has 0 saturated carbocycles. The molecule has 0 bridgehead atoms. The van der Waals surface area contributed by atoms with Crippen LogP contribution < -0.4 is 10.5 Å². The smallest absolute Gasteiger partial charge is 0.262 e. The lowest BCUT2D eigenvalue weighted by atomic mass is 10.3. The molecule has 106 valence electrons. The minimum atomic E-state index is -3.84. The maximum Gasteiger partial charge on any atom is 0.262 e. The first-order valence-corrected chi connectivity index (χ1v) is 8.39. The van der Waals surface area contributed by atoms with Gasteiger partial charge in [-0.05, 0) is 52.3 Å². The van der Waals surface area contributed by atoms with Crippen LogP contribution in [0.5, 0.6) is 0 Å². The third-order valence-electron chi connectivity index (χ3n) is 2.45. The normalized spacial score (nSPS) is 11.3. The molecule has 2 aromatic rings. The van der Waals surface area contributed by atoms with Crippen LogP contribution in [0, 0.1) is 5.82 Å². The maximum atomic E-state index is 13.1. The van der Waals surface area contributed by atoms with Gasteiger partial charge in [-0.15, -0.1) is 0 Å². The molecule has 8 heteroatoms. The summed E-state index contributed by atoms with van der Waals surface area (Å²) >= 11 is 6.51. The monoisotopic (exact) mass is 422 g/mol. The molecule has 0 aromatic heterocycles. The Kier molecular flexibility index (Phi) is 4.36. The molecular formula is C12H9Br2FN2O2S. The lowest BCUT2D eigenvalue weighted by molar-refractivity contribution is 0.600. The molecule has 0 amide bonds. The van der Waals surface area contributed by atoms with Crippen molar-refractivity contribution in [2.24, 2.45) is 0 Å². The zero-order chi connectivity index (χ0) is 14.9. The minimum absolute atomic E-state index is 0.108. The van der Waals surface area contributed by atoms with Crippen LogP contribution in [0.15, 0.2) is 50.2 Å². The number of nitrogen functional groups attached to an aromatic ring is 1. The van der Waals surface area contributed by atoms with E-state index in [2.05, 4.69) is 36.6 Å². The second-order valence-electron chi connectivity index (χ2n) is 3.91. The number of hydrogen-bond donors (Lipinski definition) is 2. The standard InChI is InChI=1S/C12H9Br2FN2O2S/c13-7-1-3-9(14)12(5-7)17-20(18,19)8-2-4-10(15)11(16)6-8/h1-6,17H,16H2. The quantitative estimate of drug-likeness (QED) is 0.738. The van der Waals surface area contributed by atoms with E-state index in [1.165, 1.54) is 0 Å². The number of rotatable bonds is 3. The topological polar surface area (TPSA) is 72.2 Å². The van der Waals surface area contributed by atoms with E-state index in [-0.39, 0.29) is 10.6 Å². The highest BCUT2D eigenvalue weighted by atomic mass is 79.9. The van der Waals surface area contributed by atoms with E-state index in [9.17, 15) is 12.8 Å². The molecule has 0 radical (unpaired) electrons. The Hall–Kier alpha value is -1.12. The van der Waals surface area contributed by atoms with Gasteiger partial charge < -0.3 is 5.73 Å². The molecule has 2 aromatic carbocycles. The fraction of sp³-hybridized carbons (Fsp3) is 0. The van der Waals surface area contributed by atoms with Gasteiger partial charge in [0.25, 0.3) is 10.0 Å². The van der Waals surface area contributed by atoms with Crippen molar-refractivity contribution in [3.05, 3.63) is 51.2 Å². The van der Waals surface area contributed by atoms with Gasteiger partial charge in [0.2, 0.25) is 0 Å². The predicted molar refractivity (Wildman–Crippen MR) is 83.5 cm³/mol. The number of nitrogens with one attached hydrogen (secondary N) is 1. The molecule has 0 aliphatic rings. The summed E-state index contributed by atoms with van der Waals surface area (Å²) < 4.78 is 41.2. The minimum Gasteiger partial charge on any atom is -0.396 e. The van der Waals surface area contributed by atoms with Gasteiger partial charge in [0.1, 0.15) is 5.82 Å². The average molecular weight is 424 g/mol. The fourth-order valence-corrected chi connectivity index (χ4v) is 3.41. The Bertz CT molecular complexity index is 766. The third kappa shape index (κ3) is 3.31. The highest BCUT2D eigenvalue weighted by Crippen LogP contribution is 2.28. The van der Waals surface area contributed by atoms with Gasteiger partial charge >= 0.3 is 0 Å². The summed E-state index contributed by atoms with van der Waals surface area (Å²) in [5, 5.41) is 0. The number of sulfonamides is 1. The van der Waals surface area contributed by atoms with Gasteiger partial charge in [0, 0.05) is 8.95 Å². The highest BCUT2D eigenvalue weighted by Gasteiger charge is 2.17. The van der Waals surface area contributed by atoms with Crippen molar-refractivity contribution < 1.29 is 12.8 Å². The number of benzene rings is 2. The molecule has 0 unspecified atom stereocenters. The Morgan fingerprint density at radius 1 is 1.10 bits per heavy atom. The summed E-state index contributed by atoms with van der Waals surface area (Å²) in [5.74, 6) is -0.660. The van der Waals surface area contributed by atoms with Crippen molar-refractivity contribution in [3.63, 3.8) is 0 Å². The van der Waals surface area contributed by atoms with Crippen LogP contribution in [-0.4, -0.2) is 8.42 Å². The van der Waals surface area contributed by atoms with E-state index >= 15 is 0 Å². The fourth-order valence-electron chi connectivity index (χ4n) is 1.47. The highest BCUT2D eigenvalue weighted by molar-refractivity contribution is 9.11. The summed E-state index contributed by atoms with van der Waals surface area (Å²) in [6, 6.07) is 8.30. The zero-order valence-corrected chi connectivity index (χ0v) is 13.9. The molecule has 4 nitrogen and oxygen atoms in total. The van der Waals surface area contributed by atoms with E-state index in [1.807, 2.05) is 0 Å². The largest absolute Gasteiger partial charge is 0.396 e. The van der Waals surface area contributed by atoms with Crippen LogP contribution in [0.1, 0.15) is 0 Å². The van der Waals surface area contributed by atoms with E-state index in [4.69, 9.17) is 5.73 Å². The Morgan fingerprint density at radius 3 is 2.45 bits per heavy atom. The molecule has 0 fully saturated rings. The number of nitrogens with two attached hydrogens (primary N) is 1. The number of halogens is 3. The van der Waals surface area contributed by atoms with Crippen molar-refractivity contribution in [2.45, 2.75) is 4.90 Å². The number of hydrogen-bond acceptors (Lipinski definition) is 3. The second-order valence-corrected chi connectivity index (χ2v) is 7.37. The lowest BCUT2D eigenvalue weighted by Gasteiger charge is -2.11. The Morgan fingerprint density at radius 2 is 1.80 bits per heavy atom. The summed E-state index contributed by atoms with van der Waals surface area (Å²) in [5.41, 5.74) is 5.52. The van der Waals surface area contributed by atoms with E-state index < -0.39 is 15.8 Å². The summed E-state index contributed by atoms with van der Waals surface area (Å²) in [7, 11) is -3.84. The van der Waals surface area contributed by atoms with Gasteiger partial charge in [-0.3, -0.25) is 4.72 Å². The Labute approximate surface area is 132 Å². The molecule has 0 aliphatic carbocycles. The Balaban J connectivity index is 2.40. The zero-order valence-electron chi connectivity index (χ0n) is 9.90. The summed E-state index contributed by atoms with van der Waals surface area (Å²) in [4.78, 5) is -0.108. The van der Waals surface area contributed by atoms with Crippen molar-refractivity contribution >= 4 is 53.3 Å². The second kappa shape index (κ2) is 5.71. The lowest BCUT2D eigenvalue weighted by Crippen LogP contribution is -2.14. The molecule has 0 saturated heterocycles. The predicted octanol–water partition coefficient (Wildman–Crippen LogP) is 3.73. The van der Waals surface area contributed by atoms with Gasteiger partial charge in [-0.2, -0.15) is 0 Å². The first-order chi connectivity index (χ1) is 9.29. The van der Waals surface area contributed by atoms with Gasteiger partial charge in [0.05, 0.1) is 16.3 Å². The van der Waals surface area contributed by atoms with Crippen LogP contribution in [0.3, 0.4) is 0 Å². The average Bonchev–Trinajstić information content (AvgIpc) is 2.36. The molecule has 0 spiro atoms. The maximum absolute atomic E-state index is 13.1. The molecular weight excluding hydrogens is 415 g/mol. The van der Waals surface area contributed by atoms with Crippen LogP contribution in [0.4, 0.5) is 15.8 Å². The molecule has 0 aliphatic heterocycles.